The number of halogens is 2. The van der Waals surface area contributed by atoms with Crippen molar-refractivity contribution in [2.75, 3.05) is 32.0 Å². The lowest BCUT2D eigenvalue weighted by Gasteiger charge is -2.18. The number of aryl methyl sites for hydroxylation is 1. The monoisotopic (exact) mass is 444 g/mol. The zero-order chi connectivity index (χ0) is 23.3. The summed E-state index contributed by atoms with van der Waals surface area (Å²) in [5.74, 6) is -2.29. The van der Waals surface area contributed by atoms with Crippen molar-refractivity contribution in [2.45, 2.75) is 40.0 Å². The summed E-state index contributed by atoms with van der Waals surface area (Å²) < 4.78 is 40.7. The molecule has 0 bridgehead atoms. The van der Waals surface area contributed by atoms with Crippen molar-refractivity contribution in [3.05, 3.63) is 58.9 Å². The number of rotatable bonds is 11. The predicted molar refractivity (Wildman–Crippen MR) is 122 cm³/mol. The van der Waals surface area contributed by atoms with Gasteiger partial charge in [-0.3, -0.25) is 4.79 Å². The van der Waals surface area contributed by atoms with Crippen LogP contribution in [0.2, 0.25) is 0 Å². The molecule has 3 aromatic rings. The molecular weight excluding hydrogens is 414 g/mol. The van der Waals surface area contributed by atoms with Crippen LogP contribution in [0, 0.1) is 11.6 Å². The van der Waals surface area contributed by atoms with Crippen LogP contribution in [-0.2, 0) is 6.42 Å². The number of furan rings is 1. The van der Waals surface area contributed by atoms with Crippen molar-refractivity contribution in [1.82, 2.24) is 4.90 Å². The van der Waals surface area contributed by atoms with E-state index in [-0.39, 0.29) is 12.2 Å². The smallest absolute Gasteiger partial charge is 0.197 e. The molecule has 0 fully saturated rings. The van der Waals surface area contributed by atoms with E-state index < -0.39 is 23.2 Å². The minimum absolute atomic E-state index is 0.0982. The number of nitrogens with zero attached hydrogens (tertiary/aromatic N) is 1. The molecule has 0 spiro atoms. The van der Waals surface area contributed by atoms with E-state index in [9.17, 15) is 13.6 Å². The Morgan fingerprint density at radius 3 is 2.41 bits per heavy atom. The zero-order valence-corrected chi connectivity index (χ0v) is 18.8. The molecule has 0 aliphatic carbocycles. The van der Waals surface area contributed by atoms with Crippen LogP contribution >= 0.6 is 0 Å². The highest BCUT2D eigenvalue weighted by molar-refractivity contribution is 6.17. The standard InChI is InChI=1S/C25H30F2N2O3/c1-4-7-8-22-23(18-15-17(28)9-10-21(18)32-22)24(30)16-13-19(26)25(20(27)14-16)31-12-11-29(5-2)6-3/h9-10,13-15H,4-8,11-12,28H2,1-3H3. The van der Waals surface area contributed by atoms with E-state index in [1.165, 1.54) is 0 Å². The van der Waals surface area contributed by atoms with E-state index >= 15 is 0 Å². The first-order valence-electron chi connectivity index (χ1n) is 11.1. The molecule has 2 N–H and O–H groups in total. The van der Waals surface area contributed by atoms with Crippen LogP contribution in [-0.4, -0.2) is 36.9 Å². The fourth-order valence-corrected chi connectivity index (χ4v) is 3.72. The number of ketones is 1. The lowest BCUT2D eigenvalue weighted by atomic mass is 9.97. The Labute approximate surface area is 187 Å². The molecule has 0 radical (unpaired) electrons. The maximum absolute atomic E-state index is 14.7. The number of carbonyl (C=O) groups excluding carboxylic acids is 1. The van der Waals surface area contributed by atoms with Gasteiger partial charge in [-0.05, 0) is 49.8 Å². The Kier molecular flexibility index (Phi) is 7.85. The molecule has 32 heavy (non-hydrogen) atoms. The predicted octanol–water partition coefficient (Wildman–Crippen LogP) is 5.59. The Balaban J connectivity index is 1.92. The summed E-state index contributed by atoms with van der Waals surface area (Å²) in [7, 11) is 0. The van der Waals surface area contributed by atoms with Gasteiger partial charge in [0.25, 0.3) is 0 Å². The van der Waals surface area contributed by atoms with Gasteiger partial charge in [-0.15, -0.1) is 0 Å². The van der Waals surface area contributed by atoms with E-state index in [4.69, 9.17) is 14.9 Å². The SMILES string of the molecule is CCCCc1oc2ccc(N)cc2c1C(=O)c1cc(F)c(OCCN(CC)CC)c(F)c1. The molecule has 172 valence electrons. The lowest BCUT2D eigenvalue weighted by Crippen LogP contribution is -2.28. The summed E-state index contributed by atoms with van der Waals surface area (Å²) in [6.07, 6.45) is 2.27. The highest BCUT2D eigenvalue weighted by Crippen LogP contribution is 2.32. The molecule has 1 heterocycles. The number of fused-ring (bicyclic) bond motifs is 1. The molecule has 5 nitrogen and oxygen atoms in total. The number of carbonyl (C=O) groups is 1. The number of hydrogen-bond acceptors (Lipinski definition) is 5. The average Bonchev–Trinajstić information content (AvgIpc) is 3.13. The summed E-state index contributed by atoms with van der Waals surface area (Å²) in [5.41, 5.74) is 7.10. The van der Waals surface area contributed by atoms with Crippen molar-refractivity contribution in [3.63, 3.8) is 0 Å². The molecule has 3 rings (SSSR count). The first-order chi connectivity index (χ1) is 15.4. The maximum atomic E-state index is 14.7. The second-order valence-corrected chi connectivity index (χ2v) is 7.73. The summed E-state index contributed by atoms with van der Waals surface area (Å²) in [4.78, 5) is 15.4. The normalized spacial score (nSPS) is 11.4. The van der Waals surface area contributed by atoms with E-state index in [0.29, 0.717) is 40.9 Å². The Bertz CT molecular complexity index is 1070. The third kappa shape index (κ3) is 5.10. The van der Waals surface area contributed by atoms with Gasteiger partial charge in [-0.1, -0.05) is 27.2 Å². The summed E-state index contributed by atoms with van der Waals surface area (Å²) in [5, 5.41) is 0.543. The fourth-order valence-electron chi connectivity index (χ4n) is 3.72. The van der Waals surface area contributed by atoms with E-state index in [2.05, 4.69) is 4.90 Å². The second-order valence-electron chi connectivity index (χ2n) is 7.73. The fraction of sp³-hybridized carbons (Fsp3) is 0.400. The number of likely N-dealkylation sites (N-methyl/N-ethyl adjacent to an activating group) is 1. The average molecular weight is 445 g/mol. The molecule has 0 unspecified atom stereocenters. The van der Waals surface area contributed by atoms with Crippen molar-refractivity contribution in [1.29, 1.82) is 0 Å². The molecule has 0 aliphatic rings. The van der Waals surface area contributed by atoms with E-state index in [0.717, 1.165) is 38.1 Å². The Morgan fingerprint density at radius 2 is 1.78 bits per heavy atom. The minimum atomic E-state index is -0.907. The van der Waals surface area contributed by atoms with Gasteiger partial charge in [-0.25, -0.2) is 8.78 Å². The van der Waals surface area contributed by atoms with Gasteiger partial charge < -0.3 is 19.8 Å². The number of benzene rings is 2. The third-order valence-corrected chi connectivity index (χ3v) is 5.58. The van der Waals surface area contributed by atoms with Gasteiger partial charge in [0.2, 0.25) is 0 Å². The molecule has 0 atom stereocenters. The lowest BCUT2D eigenvalue weighted by molar-refractivity contribution is 0.103. The molecule has 1 aromatic heterocycles. The van der Waals surface area contributed by atoms with Crippen molar-refractivity contribution in [3.8, 4) is 5.75 Å². The first-order valence-corrected chi connectivity index (χ1v) is 11.1. The van der Waals surface area contributed by atoms with Crippen molar-refractivity contribution >= 4 is 22.4 Å². The van der Waals surface area contributed by atoms with Gasteiger partial charge in [0.15, 0.2) is 23.2 Å². The van der Waals surface area contributed by atoms with Crippen LogP contribution < -0.4 is 10.5 Å². The number of nitrogen functional groups attached to an aromatic ring is 1. The minimum Gasteiger partial charge on any atom is -0.486 e. The summed E-state index contributed by atoms with van der Waals surface area (Å²) in [6, 6.07) is 7.08. The number of hydrogen-bond donors (Lipinski definition) is 1. The van der Waals surface area contributed by atoms with E-state index in [1.807, 2.05) is 20.8 Å². The van der Waals surface area contributed by atoms with Gasteiger partial charge in [0.05, 0.1) is 5.56 Å². The molecule has 0 aliphatic heterocycles. The van der Waals surface area contributed by atoms with Crippen LogP contribution in [0.25, 0.3) is 11.0 Å². The van der Waals surface area contributed by atoms with Crippen LogP contribution in [0.15, 0.2) is 34.7 Å². The molecular formula is C25H30F2N2O3. The van der Waals surface area contributed by atoms with Crippen LogP contribution in [0.3, 0.4) is 0 Å². The third-order valence-electron chi connectivity index (χ3n) is 5.58. The molecule has 0 saturated carbocycles. The number of ether oxygens (including phenoxy) is 1. The highest BCUT2D eigenvalue weighted by Gasteiger charge is 2.24. The topological polar surface area (TPSA) is 68.7 Å². The summed E-state index contributed by atoms with van der Waals surface area (Å²) in [6.45, 7) is 8.39. The van der Waals surface area contributed by atoms with Gasteiger partial charge in [-0.2, -0.15) is 0 Å². The van der Waals surface area contributed by atoms with Crippen molar-refractivity contribution in [2.24, 2.45) is 0 Å². The maximum Gasteiger partial charge on any atom is 0.197 e. The second kappa shape index (κ2) is 10.6. The summed E-state index contributed by atoms with van der Waals surface area (Å²) >= 11 is 0. The van der Waals surface area contributed by atoms with Gasteiger partial charge >= 0.3 is 0 Å². The van der Waals surface area contributed by atoms with Crippen LogP contribution in [0.5, 0.6) is 5.75 Å². The Morgan fingerprint density at radius 1 is 1.09 bits per heavy atom. The van der Waals surface area contributed by atoms with Crippen LogP contribution in [0.1, 0.15) is 55.3 Å². The van der Waals surface area contributed by atoms with Crippen LogP contribution in [0.4, 0.5) is 14.5 Å². The molecule has 0 amide bonds. The Hall–Kier alpha value is -2.93. The number of anilines is 1. The zero-order valence-electron chi connectivity index (χ0n) is 18.8. The van der Waals surface area contributed by atoms with E-state index in [1.54, 1.807) is 18.2 Å². The number of unbranched alkanes of at least 4 members (excludes halogenated alkanes) is 1. The first kappa shape index (κ1) is 23.7. The van der Waals surface area contributed by atoms with Gasteiger partial charge in [0.1, 0.15) is 18.0 Å². The molecule has 7 heteroatoms. The number of nitrogens with two attached hydrogens (primary N) is 1. The molecule has 0 saturated heterocycles. The highest BCUT2D eigenvalue weighted by atomic mass is 19.1. The quantitative estimate of drug-likeness (QED) is 0.309. The van der Waals surface area contributed by atoms with Crippen molar-refractivity contribution < 1.29 is 22.7 Å². The molecule has 2 aromatic carbocycles. The van der Waals surface area contributed by atoms with Gasteiger partial charge in [0, 0.05) is 29.6 Å². The largest absolute Gasteiger partial charge is 0.486 e.